The van der Waals surface area contributed by atoms with Crippen molar-refractivity contribution in [2.24, 2.45) is 11.0 Å². The summed E-state index contributed by atoms with van der Waals surface area (Å²) in [6, 6.07) is -2.08. The Labute approximate surface area is 181 Å². The number of aliphatic carboxylic acids is 1. The molecule has 0 spiro atoms. The number of amides is 1. The number of aromatic amines is 1. The molecule has 1 aliphatic heterocycles. The first-order valence-corrected chi connectivity index (χ1v) is 9.75. The third kappa shape index (κ3) is 6.18. The minimum Gasteiger partial charge on any atom is -0.480 e. The van der Waals surface area contributed by atoms with Crippen LogP contribution >= 0.6 is 0 Å². The highest BCUT2D eigenvalue weighted by Crippen LogP contribution is 2.30. The highest BCUT2D eigenvalue weighted by molar-refractivity contribution is 6.32. The summed E-state index contributed by atoms with van der Waals surface area (Å²) in [5, 5.41) is 14.8. The summed E-state index contributed by atoms with van der Waals surface area (Å²) in [6.45, 7) is 4.54. The van der Waals surface area contributed by atoms with Gasteiger partial charge in [0, 0.05) is 23.1 Å². The van der Waals surface area contributed by atoms with Gasteiger partial charge in [-0.25, -0.2) is 14.4 Å². The van der Waals surface area contributed by atoms with Gasteiger partial charge in [0.1, 0.15) is 25.0 Å². The van der Waals surface area contributed by atoms with Crippen molar-refractivity contribution < 1.29 is 29.0 Å². The van der Waals surface area contributed by atoms with Crippen molar-refractivity contribution in [1.29, 1.82) is 0 Å². The maximum atomic E-state index is 12.1. The zero-order valence-corrected chi connectivity index (χ0v) is 17.7. The molecule has 1 amide bonds. The molecule has 32 heavy (non-hydrogen) atoms. The first kappa shape index (κ1) is 24.6. The summed E-state index contributed by atoms with van der Waals surface area (Å²) in [5.41, 5.74) is 7.76. The van der Waals surface area contributed by atoms with Crippen LogP contribution in [0.2, 0.25) is 0 Å². The van der Waals surface area contributed by atoms with Crippen molar-refractivity contribution in [2.45, 2.75) is 58.0 Å². The average Bonchev–Trinajstić information content (AvgIpc) is 3.10. The van der Waals surface area contributed by atoms with Crippen LogP contribution in [-0.2, 0) is 23.9 Å². The number of azide groups is 1. The van der Waals surface area contributed by atoms with E-state index in [1.807, 2.05) is 0 Å². The largest absolute Gasteiger partial charge is 0.480 e. The highest BCUT2D eigenvalue weighted by atomic mass is 16.6. The molecular weight excluding hydrogens is 428 g/mol. The van der Waals surface area contributed by atoms with Gasteiger partial charge in [-0.1, -0.05) is 19.0 Å². The minimum absolute atomic E-state index is 0.0409. The lowest BCUT2D eigenvalue weighted by Crippen LogP contribution is -2.45. The van der Waals surface area contributed by atoms with Crippen molar-refractivity contribution in [3.63, 3.8) is 0 Å². The minimum atomic E-state index is -1.33. The summed E-state index contributed by atoms with van der Waals surface area (Å²) >= 11 is 0. The molecule has 0 bridgehead atoms. The van der Waals surface area contributed by atoms with E-state index in [0.717, 1.165) is 4.57 Å². The first-order chi connectivity index (χ1) is 15.0. The Morgan fingerprint density at radius 1 is 1.44 bits per heavy atom. The van der Waals surface area contributed by atoms with Crippen molar-refractivity contribution >= 4 is 17.8 Å². The Kier molecular flexibility index (Phi) is 8.15. The number of hydrogen-bond donors (Lipinski definition) is 3. The lowest BCUT2D eigenvalue weighted by atomic mass is 10.0. The topological polar surface area (TPSA) is 206 Å². The number of aromatic nitrogens is 2. The fraction of sp³-hybridized carbons (Fsp3) is 0.611. The number of carbonyl (C=O) groups excluding carboxylic acids is 2. The van der Waals surface area contributed by atoms with Gasteiger partial charge in [-0.3, -0.25) is 19.1 Å². The third-order valence-corrected chi connectivity index (χ3v) is 4.73. The zero-order chi connectivity index (χ0) is 24.0. The highest BCUT2D eigenvalue weighted by Gasteiger charge is 2.37. The Morgan fingerprint density at radius 3 is 2.72 bits per heavy atom. The predicted molar refractivity (Wildman–Crippen MR) is 108 cm³/mol. The van der Waals surface area contributed by atoms with E-state index in [1.165, 1.54) is 13.1 Å². The lowest BCUT2D eigenvalue weighted by Gasteiger charge is -2.18. The Morgan fingerprint density at radius 2 is 2.12 bits per heavy atom. The molecule has 174 valence electrons. The number of carboxylic acid groups (broad SMARTS) is 1. The van der Waals surface area contributed by atoms with E-state index in [0.29, 0.717) is 0 Å². The molecule has 3 N–H and O–H groups in total. The number of H-pyrrole nitrogens is 1. The van der Waals surface area contributed by atoms with Gasteiger partial charge in [-0.2, -0.15) is 0 Å². The summed E-state index contributed by atoms with van der Waals surface area (Å²) in [7, 11) is 0. The molecule has 2 rings (SSSR count). The smallest absolute Gasteiger partial charge is 0.396 e. The van der Waals surface area contributed by atoms with Gasteiger partial charge in [-0.05, 0) is 24.8 Å². The molecule has 1 aromatic heterocycles. The van der Waals surface area contributed by atoms with Gasteiger partial charge in [0.15, 0.2) is 0 Å². The maximum absolute atomic E-state index is 12.1. The standard InChI is InChI=1S/C18H24N6O8/c1-8(2)4-11(16(27)28)20-15(26)17(29)31-7-12-10(22-23-19)5-13(32-12)24-6-9(3)14(25)21-18(24)30/h6,8,10-13H,4-5,7H2,1-3H3,(H,20,26)(H,27,28)(H,21,25,30)/t10?,11-,12+,13+/m0/s1. The van der Waals surface area contributed by atoms with Crippen molar-refractivity contribution in [3.8, 4) is 0 Å². The number of nitrogens with one attached hydrogen (secondary N) is 2. The fourth-order valence-electron chi connectivity index (χ4n) is 3.16. The molecule has 4 atom stereocenters. The SMILES string of the molecule is Cc1cn([C@H]2CC(N=[N+]=[N-])[C@@H](COC(=O)C(=O)N[C@@H](CC(C)C)C(=O)O)O2)c(=O)[nH]c1=O. The molecule has 0 radical (unpaired) electrons. The van der Waals surface area contributed by atoms with Crippen LogP contribution in [0.3, 0.4) is 0 Å². The molecule has 2 heterocycles. The van der Waals surface area contributed by atoms with E-state index < -0.39 is 60.1 Å². The van der Waals surface area contributed by atoms with Crippen molar-refractivity contribution in [2.75, 3.05) is 6.61 Å². The monoisotopic (exact) mass is 452 g/mol. The van der Waals surface area contributed by atoms with Gasteiger partial charge in [0.2, 0.25) is 0 Å². The van der Waals surface area contributed by atoms with E-state index >= 15 is 0 Å². The van der Waals surface area contributed by atoms with E-state index in [1.54, 1.807) is 13.8 Å². The lowest BCUT2D eigenvalue weighted by molar-refractivity contribution is -0.159. The van der Waals surface area contributed by atoms with Gasteiger partial charge in [0.25, 0.3) is 5.56 Å². The molecule has 1 saturated heterocycles. The molecule has 14 heteroatoms. The van der Waals surface area contributed by atoms with E-state index in [-0.39, 0.29) is 24.3 Å². The first-order valence-electron chi connectivity index (χ1n) is 9.75. The summed E-state index contributed by atoms with van der Waals surface area (Å²) in [5.74, 6) is -3.89. The van der Waals surface area contributed by atoms with Gasteiger partial charge in [0.05, 0.1) is 6.04 Å². The molecule has 1 unspecified atom stereocenters. The molecule has 14 nitrogen and oxygen atoms in total. The molecule has 0 saturated carbocycles. The van der Waals surface area contributed by atoms with Crippen LogP contribution in [0, 0.1) is 12.8 Å². The Bertz CT molecular complexity index is 1040. The van der Waals surface area contributed by atoms with Crippen LogP contribution in [0.1, 0.15) is 38.5 Å². The maximum Gasteiger partial charge on any atom is 0.396 e. The number of ether oxygens (including phenoxy) is 2. The predicted octanol–water partition coefficient (Wildman–Crippen LogP) is -0.0299. The molecule has 0 aromatic carbocycles. The van der Waals surface area contributed by atoms with E-state index in [2.05, 4.69) is 20.3 Å². The van der Waals surface area contributed by atoms with Gasteiger partial charge >= 0.3 is 23.5 Å². The van der Waals surface area contributed by atoms with Gasteiger partial charge in [-0.15, -0.1) is 0 Å². The Balaban J connectivity index is 2.05. The quantitative estimate of drug-likeness (QED) is 0.160. The number of rotatable bonds is 8. The van der Waals surface area contributed by atoms with Gasteiger partial charge < -0.3 is 19.9 Å². The average molecular weight is 452 g/mol. The molecular formula is C18H24N6O8. The van der Waals surface area contributed by atoms with Crippen LogP contribution in [0.25, 0.3) is 10.4 Å². The van der Waals surface area contributed by atoms with E-state index in [4.69, 9.17) is 20.1 Å². The molecule has 1 aromatic rings. The molecule has 1 aliphatic rings. The normalized spacial score (nSPS) is 20.9. The van der Waals surface area contributed by atoms with Crippen LogP contribution < -0.4 is 16.6 Å². The summed E-state index contributed by atoms with van der Waals surface area (Å²) in [4.78, 5) is 63.7. The van der Waals surface area contributed by atoms with Crippen molar-refractivity contribution in [3.05, 3.63) is 43.0 Å². The fourth-order valence-corrected chi connectivity index (χ4v) is 3.16. The number of aryl methyl sites for hydroxylation is 1. The second-order valence-corrected chi connectivity index (χ2v) is 7.71. The Hall–Kier alpha value is -3.64. The number of hydrogen-bond acceptors (Lipinski definition) is 8. The number of carboxylic acids is 1. The van der Waals surface area contributed by atoms with Crippen LogP contribution in [0.4, 0.5) is 0 Å². The van der Waals surface area contributed by atoms with Crippen LogP contribution in [0.15, 0.2) is 20.9 Å². The van der Waals surface area contributed by atoms with Crippen LogP contribution in [-0.4, -0.2) is 57.3 Å². The number of nitrogens with zero attached hydrogens (tertiary/aromatic N) is 4. The second-order valence-electron chi connectivity index (χ2n) is 7.71. The molecule has 0 aliphatic carbocycles. The van der Waals surface area contributed by atoms with Crippen molar-refractivity contribution in [1.82, 2.24) is 14.9 Å². The number of esters is 1. The molecule has 1 fully saturated rings. The third-order valence-electron chi connectivity index (χ3n) is 4.73. The number of carbonyl (C=O) groups is 3. The summed E-state index contributed by atoms with van der Waals surface area (Å²) < 4.78 is 11.7. The zero-order valence-electron chi connectivity index (χ0n) is 17.7. The van der Waals surface area contributed by atoms with Crippen LogP contribution in [0.5, 0.6) is 0 Å². The summed E-state index contributed by atoms with van der Waals surface area (Å²) in [6.07, 6.45) is -0.416. The van der Waals surface area contributed by atoms with E-state index in [9.17, 15) is 24.0 Å². The second kappa shape index (κ2) is 10.6.